The van der Waals surface area contributed by atoms with Crippen LogP contribution in [-0.2, 0) is 17.1 Å². The Morgan fingerprint density at radius 1 is 0.949 bits per heavy atom. The Kier molecular flexibility index (Phi) is 7.34. The summed E-state index contributed by atoms with van der Waals surface area (Å²) in [5.41, 5.74) is 2.44. The monoisotopic (exact) mass is 562 g/mol. The topological polar surface area (TPSA) is 76.9 Å². The number of piperazine rings is 1. The molecule has 0 atom stereocenters. The average Bonchev–Trinajstić information content (AvgIpc) is 3.43. The smallest absolute Gasteiger partial charge is 0.262 e. The lowest BCUT2D eigenvalue weighted by atomic mass is 10.2. The molecule has 0 aliphatic carbocycles. The van der Waals surface area contributed by atoms with Gasteiger partial charge in [-0.1, -0.05) is 59.8 Å². The van der Waals surface area contributed by atoms with Crippen molar-refractivity contribution < 1.29 is 14.3 Å². The summed E-state index contributed by atoms with van der Waals surface area (Å²) in [6.45, 7) is 3.20. The van der Waals surface area contributed by atoms with Gasteiger partial charge in [-0.05, 0) is 29.8 Å². The first-order valence-electron chi connectivity index (χ1n) is 12.8. The van der Waals surface area contributed by atoms with E-state index in [1.807, 2.05) is 47.4 Å². The number of hydrogen-bond donors (Lipinski definition) is 0. The molecule has 0 bridgehead atoms. The van der Waals surface area contributed by atoms with E-state index in [2.05, 4.69) is 17.0 Å². The SMILES string of the molecule is O=C(CCn1c(SCc2ccccc2Cl)nc2cc3c(cc2c1=O)OCO3)N1CCN(c2ccccc2)CC1. The first-order chi connectivity index (χ1) is 19.1. The molecule has 1 amide bonds. The normalized spacial score (nSPS) is 14.7. The van der Waals surface area contributed by atoms with Crippen molar-refractivity contribution in [1.82, 2.24) is 14.5 Å². The van der Waals surface area contributed by atoms with Crippen LogP contribution in [0.4, 0.5) is 5.69 Å². The molecule has 0 N–H and O–H groups in total. The molecule has 39 heavy (non-hydrogen) atoms. The molecule has 2 aliphatic heterocycles. The number of rotatable bonds is 7. The van der Waals surface area contributed by atoms with Gasteiger partial charge in [-0.15, -0.1) is 0 Å². The van der Waals surface area contributed by atoms with Gasteiger partial charge in [0.2, 0.25) is 12.7 Å². The number of aromatic nitrogens is 2. The highest BCUT2D eigenvalue weighted by Gasteiger charge is 2.23. The predicted molar refractivity (Wildman–Crippen MR) is 153 cm³/mol. The summed E-state index contributed by atoms with van der Waals surface area (Å²) in [5.74, 6) is 1.66. The quantitative estimate of drug-likeness (QED) is 0.236. The zero-order valence-electron chi connectivity index (χ0n) is 21.2. The van der Waals surface area contributed by atoms with Gasteiger partial charge in [0, 0.05) is 61.7 Å². The van der Waals surface area contributed by atoms with Gasteiger partial charge in [-0.2, -0.15) is 0 Å². The van der Waals surface area contributed by atoms with E-state index in [1.165, 1.54) is 17.4 Å². The summed E-state index contributed by atoms with van der Waals surface area (Å²) in [4.78, 5) is 35.8. The van der Waals surface area contributed by atoms with E-state index in [9.17, 15) is 9.59 Å². The molecular formula is C29H27ClN4O4S. The van der Waals surface area contributed by atoms with Crippen molar-refractivity contribution in [3.05, 3.63) is 87.7 Å². The molecular weight excluding hydrogens is 536 g/mol. The van der Waals surface area contributed by atoms with E-state index in [-0.39, 0.29) is 31.2 Å². The second-order valence-corrected chi connectivity index (χ2v) is 10.8. The van der Waals surface area contributed by atoms with Crippen LogP contribution in [0.25, 0.3) is 10.9 Å². The molecule has 2 aliphatic rings. The number of anilines is 1. The summed E-state index contributed by atoms with van der Waals surface area (Å²) < 4.78 is 12.6. The number of carbonyl (C=O) groups is 1. The maximum atomic E-state index is 13.7. The van der Waals surface area contributed by atoms with E-state index in [0.29, 0.717) is 51.4 Å². The van der Waals surface area contributed by atoms with E-state index in [1.54, 1.807) is 16.7 Å². The number of thioether (sulfide) groups is 1. The number of benzene rings is 3. The maximum Gasteiger partial charge on any atom is 0.262 e. The number of carbonyl (C=O) groups excluding carboxylic acids is 1. The second kappa shape index (κ2) is 11.2. The summed E-state index contributed by atoms with van der Waals surface area (Å²) in [6.07, 6.45) is 0.211. The fourth-order valence-corrected chi connectivity index (χ4v) is 6.19. The van der Waals surface area contributed by atoms with Crippen molar-refractivity contribution in [2.75, 3.05) is 37.9 Å². The van der Waals surface area contributed by atoms with Crippen LogP contribution in [0.3, 0.4) is 0 Å². The number of ether oxygens (including phenoxy) is 2. The van der Waals surface area contributed by atoms with Gasteiger partial charge in [0.25, 0.3) is 5.56 Å². The molecule has 1 fully saturated rings. The zero-order chi connectivity index (χ0) is 26.8. The molecule has 200 valence electrons. The predicted octanol–water partition coefficient (Wildman–Crippen LogP) is 4.81. The van der Waals surface area contributed by atoms with Gasteiger partial charge in [0.05, 0.1) is 10.9 Å². The van der Waals surface area contributed by atoms with E-state index >= 15 is 0 Å². The molecule has 1 saturated heterocycles. The Morgan fingerprint density at radius 3 is 2.44 bits per heavy atom. The van der Waals surface area contributed by atoms with Gasteiger partial charge >= 0.3 is 0 Å². The molecule has 0 unspecified atom stereocenters. The van der Waals surface area contributed by atoms with Gasteiger partial charge in [-0.3, -0.25) is 14.2 Å². The van der Waals surface area contributed by atoms with Crippen molar-refractivity contribution in [1.29, 1.82) is 0 Å². The molecule has 1 aromatic heterocycles. The highest BCUT2D eigenvalue weighted by atomic mass is 35.5. The van der Waals surface area contributed by atoms with Crippen LogP contribution < -0.4 is 19.9 Å². The van der Waals surface area contributed by atoms with Gasteiger partial charge in [-0.25, -0.2) is 4.98 Å². The van der Waals surface area contributed by atoms with Crippen molar-refractivity contribution in [3.8, 4) is 11.5 Å². The fourth-order valence-electron chi connectivity index (χ4n) is 4.87. The van der Waals surface area contributed by atoms with Crippen LogP contribution in [0.15, 0.2) is 76.7 Å². The van der Waals surface area contributed by atoms with Crippen LogP contribution in [0.5, 0.6) is 11.5 Å². The number of nitrogens with zero attached hydrogens (tertiary/aromatic N) is 4. The minimum Gasteiger partial charge on any atom is -0.454 e. The minimum atomic E-state index is -0.207. The fraction of sp³-hybridized carbons (Fsp3) is 0.276. The summed E-state index contributed by atoms with van der Waals surface area (Å²) in [7, 11) is 0. The largest absolute Gasteiger partial charge is 0.454 e. The van der Waals surface area contributed by atoms with Gasteiger partial charge < -0.3 is 19.3 Å². The Morgan fingerprint density at radius 2 is 1.67 bits per heavy atom. The molecule has 0 spiro atoms. The molecule has 10 heteroatoms. The number of halogens is 1. The maximum absolute atomic E-state index is 13.7. The third kappa shape index (κ3) is 5.42. The van der Waals surface area contributed by atoms with E-state index in [4.69, 9.17) is 26.1 Å². The number of hydrogen-bond acceptors (Lipinski definition) is 7. The molecule has 0 saturated carbocycles. The van der Waals surface area contributed by atoms with Crippen LogP contribution in [-0.4, -0.2) is 53.3 Å². The summed E-state index contributed by atoms with van der Waals surface area (Å²) in [6, 6.07) is 21.3. The first kappa shape index (κ1) is 25.6. The first-order valence-corrected chi connectivity index (χ1v) is 14.2. The number of fused-ring (bicyclic) bond motifs is 2. The highest BCUT2D eigenvalue weighted by Crippen LogP contribution is 2.35. The van der Waals surface area contributed by atoms with E-state index < -0.39 is 0 Å². The van der Waals surface area contributed by atoms with Crippen molar-refractivity contribution in [2.24, 2.45) is 0 Å². The molecule has 0 radical (unpaired) electrons. The Labute approximate surface area is 235 Å². The highest BCUT2D eigenvalue weighted by molar-refractivity contribution is 7.98. The van der Waals surface area contributed by atoms with E-state index in [0.717, 1.165) is 18.7 Å². The van der Waals surface area contributed by atoms with Crippen LogP contribution >= 0.6 is 23.4 Å². The minimum absolute atomic E-state index is 0.0300. The molecule has 8 nitrogen and oxygen atoms in total. The average molecular weight is 563 g/mol. The van der Waals surface area contributed by atoms with Crippen molar-refractivity contribution in [2.45, 2.75) is 23.9 Å². The Balaban J connectivity index is 1.21. The lowest BCUT2D eigenvalue weighted by Crippen LogP contribution is -2.49. The molecule has 4 aromatic rings. The van der Waals surface area contributed by atoms with Gasteiger partial charge in [0.1, 0.15) is 0 Å². The van der Waals surface area contributed by atoms with Crippen LogP contribution in [0, 0.1) is 0 Å². The lowest BCUT2D eigenvalue weighted by molar-refractivity contribution is -0.131. The third-order valence-electron chi connectivity index (χ3n) is 7.03. The lowest BCUT2D eigenvalue weighted by Gasteiger charge is -2.36. The van der Waals surface area contributed by atoms with Crippen molar-refractivity contribution in [3.63, 3.8) is 0 Å². The second-order valence-electron chi connectivity index (χ2n) is 9.41. The van der Waals surface area contributed by atoms with Crippen LogP contribution in [0.2, 0.25) is 5.02 Å². The Bertz CT molecular complexity index is 1570. The number of amides is 1. The third-order valence-corrected chi connectivity index (χ3v) is 8.43. The molecule has 6 rings (SSSR count). The standard InChI is InChI=1S/C29H27ClN4O4S/c30-23-9-5-4-6-20(23)18-39-29-31-24-17-26-25(37-19-38-26)16-22(24)28(36)34(29)11-10-27(35)33-14-12-32(13-15-33)21-7-2-1-3-8-21/h1-9,16-17H,10-15,18-19H2. The molecule has 3 aromatic carbocycles. The van der Waals surface area contributed by atoms with Crippen molar-refractivity contribution >= 4 is 45.9 Å². The zero-order valence-corrected chi connectivity index (χ0v) is 22.8. The Hall–Kier alpha value is -3.69. The molecule has 3 heterocycles. The summed E-state index contributed by atoms with van der Waals surface area (Å²) in [5, 5.41) is 1.63. The van der Waals surface area contributed by atoms with Gasteiger partial charge in [0.15, 0.2) is 16.7 Å². The summed E-state index contributed by atoms with van der Waals surface area (Å²) >= 11 is 7.80. The van der Waals surface area contributed by atoms with Crippen LogP contribution in [0.1, 0.15) is 12.0 Å². The number of para-hydroxylation sites is 1.